The average molecular weight is 309 g/mol. The zero-order valence-corrected chi connectivity index (χ0v) is 14.7. The van der Waals surface area contributed by atoms with E-state index in [-0.39, 0.29) is 17.9 Å². The highest BCUT2D eigenvalue weighted by Crippen LogP contribution is 2.24. The molecule has 0 aliphatic carbocycles. The number of amides is 2. The number of hydrogen-bond acceptors (Lipinski definition) is 2. The summed E-state index contributed by atoms with van der Waals surface area (Å²) in [5.41, 5.74) is 0. The second-order valence-corrected chi connectivity index (χ2v) is 6.72. The van der Waals surface area contributed by atoms with Crippen molar-refractivity contribution in [3.8, 4) is 0 Å². The molecule has 0 aromatic rings. The molecule has 1 saturated heterocycles. The SMILES string of the molecule is CCCCCCCC(CCCCCCC)N1C(=O)CCC1=O. The molecule has 1 heterocycles. The van der Waals surface area contributed by atoms with Crippen LogP contribution in [0.15, 0.2) is 0 Å². The van der Waals surface area contributed by atoms with Gasteiger partial charge >= 0.3 is 0 Å². The molecule has 0 aromatic heterocycles. The molecule has 1 aliphatic heterocycles. The maximum atomic E-state index is 12.0. The summed E-state index contributed by atoms with van der Waals surface area (Å²) in [6, 6.07) is 0.172. The smallest absolute Gasteiger partial charge is 0.229 e. The third kappa shape index (κ3) is 6.93. The van der Waals surface area contributed by atoms with Crippen molar-refractivity contribution < 1.29 is 9.59 Å². The second kappa shape index (κ2) is 11.7. The van der Waals surface area contributed by atoms with Gasteiger partial charge < -0.3 is 0 Å². The van der Waals surface area contributed by atoms with E-state index in [1.54, 1.807) is 4.90 Å². The molecule has 0 atom stereocenters. The van der Waals surface area contributed by atoms with Gasteiger partial charge in [0.1, 0.15) is 0 Å². The van der Waals surface area contributed by atoms with E-state index in [2.05, 4.69) is 13.8 Å². The molecule has 1 aliphatic rings. The predicted molar refractivity (Wildman–Crippen MR) is 91.6 cm³/mol. The summed E-state index contributed by atoms with van der Waals surface area (Å²) in [5.74, 6) is 0.134. The molecule has 0 N–H and O–H groups in total. The lowest BCUT2D eigenvalue weighted by Crippen LogP contribution is -2.39. The van der Waals surface area contributed by atoms with Gasteiger partial charge in [0.05, 0.1) is 0 Å². The van der Waals surface area contributed by atoms with Crippen molar-refractivity contribution in [2.75, 3.05) is 0 Å². The minimum absolute atomic E-state index is 0.0668. The van der Waals surface area contributed by atoms with E-state index in [0.29, 0.717) is 12.8 Å². The first-order chi connectivity index (χ1) is 10.7. The Morgan fingerprint density at radius 3 is 1.55 bits per heavy atom. The van der Waals surface area contributed by atoms with E-state index in [4.69, 9.17) is 0 Å². The first-order valence-electron chi connectivity index (χ1n) is 9.55. The molecule has 3 nitrogen and oxygen atoms in total. The molecular weight excluding hydrogens is 274 g/mol. The Balaban J connectivity index is 2.38. The van der Waals surface area contributed by atoms with Gasteiger partial charge in [0, 0.05) is 18.9 Å². The first-order valence-corrected chi connectivity index (χ1v) is 9.55. The number of unbranched alkanes of at least 4 members (excludes halogenated alkanes) is 8. The lowest BCUT2D eigenvalue weighted by atomic mass is 9.99. The molecule has 3 heteroatoms. The molecule has 0 spiro atoms. The van der Waals surface area contributed by atoms with Crippen LogP contribution in [0.4, 0.5) is 0 Å². The van der Waals surface area contributed by atoms with Crippen LogP contribution in [0.3, 0.4) is 0 Å². The van der Waals surface area contributed by atoms with E-state index >= 15 is 0 Å². The molecule has 0 saturated carbocycles. The summed E-state index contributed by atoms with van der Waals surface area (Å²) in [5, 5.41) is 0. The Kier molecular flexibility index (Phi) is 10.2. The standard InChI is InChI=1S/C19H35NO2/c1-3-5-7-9-11-13-17(14-12-10-8-6-4-2)20-18(21)15-16-19(20)22/h17H,3-16H2,1-2H3. The van der Waals surface area contributed by atoms with Crippen LogP contribution in [0.5, 0.6) is 0 Å². The van der Waals surface area contributed by atoms with E-state index in [9.17, 15) is 9.59 Å². The number of hydrogen-bond donors (Lipinski definition) is 0. The van der Waals surface area contributed by atoms with Gasteiger partial charge in [-0.2, -0.15) is 0 Å². The van der Waals surface area contributed by atoms with Crippen molar-refractivity contribution in [1.29, 1.82) is 0 Å². The Morgan fingerprint density at radius 1 is 0.727 bits per heavy atom. The van der Waals surface area contributed by atoms with Gasteiger partial charge in [-0.05, 0) is 12.8 Å². The van der Waals surface area contributed by atoms with Crippen molar-refractivity contribution in [2.45, 2.75) is 110 Å². The van der Waals surface area contributed by atoms with Crippen molar-refractivity contribution in [3.05, 3.63) is 0 Å². The van der Waals surface area contributed by atoms with Crippen molar-refractivity contribution in [3.63, 3.8) is 0 Å². The van der Waals surface area contributed by atoms with Crippen LogP contribution in [-0.2, 0) is 9.59 Å². The highest BCUT2D eigenvalue weighted by atomic mass is 16.2. The molecular formula is C19H35NO2. The minimum atomic E-state index is 0.0668. The summed E-state index contributed by atoms with van der Waals surface area (Å²) >= 11 is 0. The summed E-state index contributed by atoms with van der Waals surface area (Å²) in [4.78, 5) is 25.6. The third-order valence-corrected chi connectivity index (χ3v) is 4.74. The molecule has 0 aromatic carbocycles. The molecule has 1 fully saturated rings. The summed E-state index contributed by atoms with van der Waals surface area (Å²) < 4.78 is 0. The lowest BCUT2D eigenvalue weighted by Gasteiger charge is -2.26. The number of likely N-dealkylation sites (tertiary alicyclic amines) is 1. The topological polar surface area (TPSA) is 37.4 Å². The highest BCUT2D eigenvalue weighted by molar-refractivity contribution is 6.02. The molecule has 128 valence electrons. The van der Waals surface area contributed by atoms with E-state index in [1.807, 2.05) is 0 Å². The van der Waals surface area contributed by atoms with Crippen LogP contribution >= 0.6 is 0 Å². The zero-order chi connectivity index (χ0) is 16.2. The molecule has 0 radical (unpaired) electrons. The molecule has 0 bridgehead atoms. The maximum absolute atomic E-state index is 12.0. The van der Waals surface area contributed by atoms with Crippen LogP contribution in [-0.4, -0.2) is 22.8 Å². The maximum Gasteiger partial charge on any atom is 0.229 e. The Hall–Kier alpha value is -0.860. The third-order valence-electron chi connectivity index (χ3n) is 4.74. The summed E-state index contributed by atoms with van der Waals surface area (Å²) in [7, 11) is 0. The zero-order valence-electron chi connectivity index (χ0n) is 14.7. The fourth-order valence-corrected chi connectivity index (χ4v) is 3.37. The van der Waals surface area contributed by atoms with Crippen molar-refractivity contribution >= 4 is 11.8 Å². The van der Waals surface area contributed by atoms with Gasteiger partial charge in [0.15, 0.2) is 0 Å². The van der Waals surface area contributed by atoms with Crippen molar-refractivity contribution in [1.82, 2.24) is 4.90 Å². The molecule has 0 unspecified atom stereocenters. The normalized spacial score (nSPS) is 15.3. The van der Waals surface area contributed by atoms with Gasteiger partial charge in [0.25, 0.3) is 0 Å². The number of nitrogens with zero attached hydrogens (tertiary/aromatic N) is 1. The van der Waals surface area contributed by atoms with Crippen LogP contribution in [0.25, 0.3) is 0 Å². The van der Waals surface area contributed by atoms with Crippen LogP contribution < -0.4 is 0 Å². The fourth-order valence-electron chi connectivity index (χ4n) is 3.37. The summed E-state index contributed by atoms with van der Waals surface area (Å²) in [6.07, 6.45) is 15.3. The van der Waals surface area contributed by atoms with Gasteiger partial charge in [-0.15, -0.1) is 0 Å². The Bertz CT molecular complexity index is 297. The number of carbonyl (C=O) groups is 2. The van der Waals surface area contributed by atoms with E-state index in [0.717, 1.165) is 25.7 Å². The Morgan fingerprint density at radius 2 is 1.14 bits per heavy atom. The Labute approximate surface area is 136 Å². The van der Waals surface area contributed by atoms with Crippen LogP contribution in [0.1, 0.15) is 104 Å². The van der Waals surface area contributed by atoms with Crippen molar-refractivity contribution in [2.24, 2.45) is 0 Å². The largest absolute Gasteiger partial charge is 0.280 e. The first kappa shape index (κ1) is 19.2. The predicted octanol–water partition coefficient (Wildman–Crippen LogP) is 5.23. The quantitative estimate of drug-likeness (QED) is 0.345. The molecule has 1 rings (SSSR count). The summed E-state index contributed by atoms with van der Waals surface area (Å²) in [6.45, 7) is 4.45. The van der Waals surface area contributed by atoms with E-state index < -0.39 is 0 Å². The van der Waals surface area contributed by atoms with Gasteiger partial charge in [-0.1, -0.05) is 78.1 Å². The van der Waals surface area contributed by atoms with Gasteiger partial charge in [0.2, 0.25) is 11.8 Å². The average Bonchev–Trinajstić information content (AvgIpc) is 2.84. The monoisotopic (exact) mass is 309 g/mol. The minimum Gasteiger partial charge on any atom is -0.280 e. The lowest BCUT2D eigenvalue weighted by molar-refractivity contribution is -0.141. The van der Waals surface area contributed by atoms with E-state index in [1.165, 1.54) is 51.4 Å². The van der Waals surface area contributed by atoms with Gasteiger partial charge in [-0.3, -0.25) is 14.5 Å². The van der Waals surface area contributed by atoms with Crippen LogP contribution in [0.2, 0.25) is 0 Å². The van der Waals surface area contributed by atoms with Crippen LogP contribution in [0, 0.1) is 0 Å². The fraction of sp³-hybridized carbons (Fsp3) is 0.895. The second-order valence-electron chi connectivity index (χ2n) is 6.72. The molecule has 22 heavy (non-hydrogen) atoms. The van der Waals surface area contributed by atoms with Gasteiger partial charge in [-0.25, -0.2) is 0 Å². The molecule has 2 amide bonds. The number of rotatable bonds is 13. The highest BCUT2D eigenvalue weighted by Gasteiger charge is 2.34. The number of carbonyl (C=O) groups excluding carboxylic acids is 2. The number of imide groups is 1.